The minimum absolute atomic E-state index is 0.295. The van der Waals surface area contributed by atoms with Crippen LogP contribution in [0.5, 0.6) is 5.75 Å². The molecule has 1 aliphatic carbocycles. The Bertz CT molecular complexity index is 717. The standard InChI is InChI=1S/C16H13NOS/c18-13-6-4-10(5-7-13)16-17-14-8-11-2-1-3-12(11)9-15(14)19-16/h4-9,18H,1-3H2. The van der Waals surface area contributed by atoms with E-state index >= 15 is 0 Å². The topological polar surface area (TPSA) is 33.1 Å². The van der Waals surface area contributed by atoms with Crippen molar-refractivity contribution in [2.24, 2.45) is 0 Å². The highest BCUT2D eigenvalue weighted by Crippen LogP contribution is 2.34. The van der Waals surface area contributed by atoms with Gasteiger partial charge in [-0.25, -0.2) is 4.98 Å². The van der Waals surface area contributed by atoms with Crippen LogP contribution >= 0.6 is 11.3 Å². The number of phenols is 1. The largest absolute Gasteiger partial charge is 0.508 e. The number of thiazole rings is 1. The molecule has 0 bridgehead atoms. The normalized spacial score (nSPS) is 13.9. The number of fused-ring (bicyclic) bond motifs is 2. The summed E-state index contributed by atoms with van der Waals surface area (Å²) in [6, 6.07) is 11.8. The van der Waals surface area contributed by atoms with E-state index in [9.17, 15) is 5.11 Å². The second-order valence-electron chi connectivity index (χ2n) is 5.01. The van der Waals surface area contributed by atoms with Gasteiger partial charge in [0, 0.05) is 5.56 Å². The molecule has 2 aromatic carbocycles. The second-order valence-corrected chi connectivity index (χ2v) is 6.04. The zero-order chi connectivity index (χ0) is 12.8. The number of aromatic nitrogens is 1. The molecule has 1 aromatic heterocycles. The van der Waals surface area contributed by atoms with Crippen molar-refractivity contribution in [3.8, 4) is 16.3 Å². The van der Waals surface area contributed by atoms with E-state index in [4.69, 9.17) is 4.98 Å². The number of benzene rings is 2. The maximum atomic E-state index is 9.34. The Morgan fingerprint density at radius 2 is 1.74 bits per heavy atom. The highest BCUT2D eigenvalue weighted by Gasteiger charge is 2.14. The third kappa shape index (κ3) is 1.81. The lowest BCUT2D eigenvalue weighted by molar-refractivity contribution is 0.475. The maximum Gasteiger partial charge on any atom is 0.124 e. The molecule has 0 fully saturated rings. The number of aromatic hydroxyl groups is 1. The highest BCUT2D eigenvalue weighted by molar-refractivity contribution is 7.21. The van der Waals surface area contributed by atoms with E-state index in [0.29, 0.717) is 5.75 Å². The van der Waals surface area contributed by atoms with Crippen LogP contribution in [-0.4, -0.2) is 10.1 Å². The summed E-state index contributed by atoms with van der Waals surface area (Å²) in [4.78, 5) is 4.73. The van der Waals surface area contributed by atoms with Crippen LogP contribution in [0.25, 0.3) is 20.8 Å². The second kappa shape index (κ2) is 4.07. The molecule has 1 heterocycles. The number of aryl methyl sites for hydroxylation is 2. The van der Waals surface area contributed by atoms with Crippen LogP contribution in [-0.2, 0) is 12.8 Å². The van der Waals surface area contributed by atoms with E-state index in [-0.39, 0.29) is 0 Å². The average Bonchev–Trinajstić information content (AvgIpc) is 3.01. The van der Waals surface area contributed by atoms with E-state index in [0.717, 1.165) is 16.1 Å². The molecule has 0 amide bonds. The monoisotopic (exact) mass is 267 g/mol. The van der Waals surface area contributed by atoms with Crippen LogP contribution in [0.4, 0.5) is 0 Å². The lowest BCUT2D eigenvalue weighted by atomic mass is 10.1. The van der Waals surface area contributed by atoms with Gasteiger partial charge in [0.05, 0.1) is 10.2 Å². The number of phenolic OH excluding ortho intramolecular Hbond substituents is 1. The molecule has 1 aliphatic rings. The molecular weight excluding hydrogens is 254 g/mol. The molecule has 4 rings (SSSR count). The zero-order valence-electron chi connectivity index (χ0n) is 10.4. The average molecular weight is 267 g/mol. The Kier molecular flexibility index (Phi) is 2.35. The molecule has 0 unspecified atom stereocenters. The van der Waals surface area contributed by atoms with Gasteiger partial charge in [-0.1, -0.05) is 0 Å². The Labute approximate surface area is 115 Å². The van der Waals surface area contributed by atoms with Crippen LogP contribution in [0, 0.1) is 0 Å². The minimum atomic E-state index is 0.295. The number of rotatable bonds is 1. The van der Waals surface area contributed by atoms with Gasteiger partial charge in [-0.15, -0.1) is 11.3 Å². The first-order valence-electron chi connectivity index (χ1n) is 6.51. The first kappa shape index (κ1) is 11.0. The third-order valence-electron chi connectivity index (χ3n) is 3.72. The third-order valence-corrected chi connectivity index (χ3v) is 4.78. The van der Waals surface area contributed by atoms with Crippen molar-refractivity contribution in [3.63, 3.8) is 0 Å². The molecular formula is C16H13NOS. The first-order chi connectivity index (χ1) is 9.29. The van der Waals surface area contributed by atoms with Crippen LogP contribution in [0.15, 0.2) is 36.4 Å². The van der Waals surface area contributed by atoms with Gasteiger partial charge >= 0.3 is 0 Å². The fourth-order valence-electron chi connectivity index (χ4n) is 2.72. The van der Waals surface area contributed by atoms with Crippen molar-refractivity contribution < 1.29 is 5.11 Å². The Hall–Kier alpha value is -1.87. The smallest absolute Gasteiger partial charge is 0.124 e. The molecule has 0 saturated carbocycles. The van der Waals surface area contributed by atoms with E-state index in [1.54, 1.807) is 23.5 Å². The van der Waals surface area contributed by atoms with E-state index in [2.05, 4.69) is 12.1 Å². The molecule has 0 aliphatic heterocycles. The first-order valence-corrected chi connectivity index (χ1v) is 7.33. The SMILES string of the molecule is Oc1ccc(-c2nc3cc4c(cc3s2)CCC4)cc1. The van der Waals surface area contributed by atoms with Crippen LogP contribution < -0.4 is 0 Å². The Balaban J connectivity index is 1.86. The molecule has 19 heavy (non-hydrogen) atoms. The van der Waals surface area contributed by atoms with Crippen molar-refractivity contribution in [2.45, 2.75) is 19.3 Å². The summed E-state index contributed by atoms with van der Waals surface area (Å²) in [5, 5.41) is 10.4. The van der Waals surface area contributed by atoms with E-state index in [1.807, 2.05) is 12.1 Å². The summed E-state index contributed by atoms with van der Waals surface area (Å²) in [5.41, 5.74) is 5.14. The predicted octanol–water partition coefficient (Wildman–Crippen LogP) is 4.16. The molecule has 0 spiro atoms. The molecule has 3 heteroatoms. The van der Waals surface area contributed by atoms with Gasteiger partial charge in [0.25, 0.3) is 0 Å². The van der Waals surface area contributed by atoms with E-state index < -0.39 is 0 Å². The summed E-state index contributed by atoms with van der Waals surface area (Å²) in [6.45, 7) is 0. The number of hydrogen-bond acceptors (Lipinski definition) is 3. The van der Waals surface area contributed by atoms with Crippen LogP contribution in [0.2, 0.25) is 0 Å². The number of nitrogens with zero attached hydrogens (tertiary/aromatic N) is 1. The molecule has 2 nitrogen and oxygen atoms in total. The van der Waals surface area contributed by atoms with Gasteiger partial charge < -0.3 is 5.11 Å². The van der Waals surface area contributed by atoms with Crippen molar-refractivity contribution >= 4 is 21.6 Å². The van der Waals surface area contributed by atoms with Gasteiger partial charge in [0.2, 0.25) is 0 Å². The summed E-state index contributed by atoms with van der Waals surface area (Å²) >= 11 is 1.73. The summed E-state index contributed by atoms with van der Waals surface area (Å²) < 4.78 is 1.27. The highest BCUT2D eigenvalue weighted by atomic mass is 32.1. The van der Waals surface area contributed by atoms with E-state index in [1.165, 1.54) is 35.1 Å². The summed E-state index contributed by atoms with van der Waals surface area (Å²) in [5.74, 6) is 0.295. The fraction of sp³-hybridized carbons (Fsp3) is 0.188. The van der Waals surface area contributed by atoms with Gasteiger partial charge in [0.1, 0.15) is 10.8 Å². The lowest BCUT2D eigenvalue weighted by Crippen LogP contribution is -1.81. The van der Waals surface area contributed by atoms with Crippen molar-refractivity contribution in [3.05, 3.63) is 47.5 Å². The molecule has 94 valence electrons. The zero-order valence-corrected chi connectivity index (χ0v) is 11.2. The molecule has 0 saturated heterocycles. The minimum Gasteiger partial charge on any atom is -0.508 e. The molecule has 3 aromatic rings. The van der Waals surface area contributed by atoms with Crippen LogP contribution in [0.1, 0.15) is 17.5 Å². The summed E-state index contributed by atoms with van der Waals surface area (Å²) in [7, 11) is 0. The van der Waals surface area contributed by atoms with Crippen molar-refractivity contribution in [1.29, 1.82) is 0 Å². The van der Waals surface area contributed by atoms with Gasteiger partial charge in [0.15, 0.2) is 0 Å². The van der Waals surface area contributed by atoms with Gasteiger partial charge in [-0.2, -0.15) is 0 Å². The van der Waals surface area contributed by atoms with Crippen molar-refractivity contribution in [1.82, 2.24) is 4.98 Å². The van der Waals surface area contributed by atoms with Gasteiger partial charge in [-0.05, 0) is 66.8 Å². The summed E-state index contributed by atoms with van der Waals surface area (Å²) in [6.07, 6.45) is 3.67. The van der Waals surface area contributed by atoms with Crippen LogP contribution in [0.3, 0.4) is 0 Å². The fourth-order valence-corrected chi connectivity index (χ4v) is 3.74. The predicted molar refractivity (Wildman–Crippen MR) is 78.7 cm³/mol. The molecule has 0 radical (unpaired) electrons. The lowest BCUT2D eigenvalue weighted by Gasteiger charge is -1.96. The number of hydrogen-bond donors (Lipinski definition) is 1. The molecule has 0 atom stereocenters. The van der Waals surface area contributed by atoms with Gasteiger partial charge in [-0.3, -0.25) is 0 Å². The quantitative estimate of drug-likeness (QED) is 0.718. The molecule has 1 N–H and O–H groups in total. The Morgan fingerprint density at radius 1 is 1.00 bits per heavy atom. The van der Waals surface area contributed by atoms with Crippen molar-refractivity contribution in [2.75, 3.05) is 0 Å². The maximum absolute atomic E-state index is 9.34. The Morgan fingerprint density at radius 3 is 2.53 bits per heavy atom.